The van der Waals surface area contributed by atoms with Crippen LogP contribution in [0.15, 0.2) is 29.5 Å². The van der Waals surface area contributed by atoms with E-state index in [1.54, 1.807) is 0 Å². The lowest BCUT2D eigenvalue weighted by atomic mass is 10.2. The lowest BCUT2D eigenvalue weighted by molar-refractivity contribution is -0.391. The van der Waals surface area contributed by atoms with E-state index >= 15 is 0 Å². The number of nitro groups is 1. The Hall–Kier alpha value is -3.54. The van der Waals surface area contributed by atoms with Gasteiger partial charge in [0.1, 0.15) is 17.7 Å². The van der Waals surface area contributed by atoms with Crippen LogP contribution in [0, 0.1) is 10.1 Å². The molecule has 3 N–H and O–H groups in total. The first-order valence-electron chi connectivity index (χ1n) is 6.76. The van der Waals surface area contributed by atoms with Gasteiger partial charge in [0.2, 0.25) is 10.1 Å². The summed E-state index contributed by atoms with van der Waals surface area (Å²) in [6.07, 6.45) is 2.45. The van der Waals surface area contributed by atoms with Gasteiger partial charge in [0.05, 0.1) is 13.3 Å². The topological polar surface area (TPSA) is 152 Å². The first kappa shape index (κ1) is 16.3. The van der Waals surface area contributed by atoms with E-state index in [-0.39, 0.29) is 17.3 Å². The second-order valence-electron chi connectivity index (χ2n) is 4.78. The van der Waals surface area contributed by atoms with Crippen LogP contribution in [0.2, 0.25) is 0 Å². The maximum absolute atomic E-state index is 10.8. The Balaban J connectivity index is 1.75. The highest BCUT2D eigenvalue weighted by atomic mass is 32.1. The Morgan fingerprint density at radius 3 is 2.92 bits per heavy atom. The van der Waals surface area contributed by atoms with Gasteiger partial charge >= 0.3 is 5.82 Å². The first-order valence-corrected chi connectivity index (χ1v) is 7.58. The second-order valence-corrected chi connectivity index (χ2v) is 5.76. The molecule has 0 saturated heterocycles. The van der Waals surface area contributed by atoms with Gasteiger partial charge in [-0.05, 0) is 23.1 Å². The number of benzene rings is 1. The van der Waals surface area contributed by atoms with Crippen LogP contribution >= 0.6 is 11.3 Å². The van der Waals surface area contributed by atoms with Crippen LogP contribution < -0.4 is 5.43 Å². The van der Waals surface area contributed by atoms with Gasteiger partial charge in [0.25, 0.3) is 5.82 Å². The van der Waals surface area contributed by atoms with E-state index in [0.717, 1.165) is 17.5 Å². The summed E-state index contributed by atoms with van der Waals surface area (Å²) in [5.74, 6) is 0.111. The van der Waals surface area contributed by atoms with Crippen molar-refractivity contribution in [1.29, 1.82) is 0 Å². The molecule has 0 atom stereocenters. The molecule has 128 valence electrons. The van der Waals surface area contributed by atoms with E-state index in [1.807, 2.05) is 0 Å². The Labute approximate surface area is 144 Å². The van der Waals surface area contributed by atoms with Gasteiger partial charge < -0.3 is 20.3 Å². The molecule has 0 bridgehead atoms. The molecule has 1 aromatic carbocycles. The third-order valence-corrected chi connectivity index (χ3v) is 3.97. The van der Waals surface area contributed by atoms with E-state index in [4.69, 9.17) is 0 Å². The van der Waals surface area contributed by atoms with Crippen molar-refractivity contribution in [1.82, 2.24) is 19.7 Å². The van der Waals surface area contributed by atoms with E-state index in [0.29, 0.717) is 21.5 Å². The van der Waals surface area contributed by atoms with Gasteiger partial charge in [0, 0.05) is 5.56 Å². The summed E-state index contributed by atoms with van der Waals surface area (Å²) < 4.78 is 1.30. The molecule has 0 aliphatic heterocycles. The third kappa shape index (κ3) is 3.37. The molecule has 0 radical (unpaired) electrons. The van der Waals surface area contributed by atoms with Gasteiger partial charge in [-0.1, -0.05) is 11.3 Å². The number of phenols is 2. The highest BCUT2D eigenvalue weighted by molar-refractivity contribution is 7.18. The van der Waals surface area contributed by atoms with Crippen molar-refractivity contribution in [2.24, 2.45) is 12.1 Å². The minimum Gasteiger partial charge on any atom is -0.508 e. The van der Waals surface area contributed by atoms with Crippen LogP contribution in [-0.4, -0.2) is 41.1 Å². The van der Waals surface area contributed by atoms with E-state index in [2.05, 4.69) is 25.7 Å². The lowest BCUT2D eigenvalue weighted by Crippen LogP contribution is -1.98. The summed E-state index contributed by atoms with van der Waals surface area (Å²) in [5, 5.41) is 42.3. The van der Waals surface area contributed by atoms with Gasteiger partial charge in [-0.3, -0.25) is 5.43 Å². The molecule has 0 amide bonds. The van der Waals surface area contributed by atoms with Crippen LogP contribution in [0.25, 0.3) is 10.8 Å². The maximum atomic E-state index is 10.8. The van der Waals surface area contributed by atoms with E-state index in [9.17, 15) is 20.3 Å². The van der Waals surface area contributed by atoms with Crippen LogP contribution in [0.4, 0.5) is 10.9 Å². The number of aromatic hydroxyl groups is 2. The summed E-state index contributed by atoms with van der Waals surface area (Å²) in [4.78, 5) is 14.3. The van der Waals surface area contributed by atoms with Gasteiger partial charge in [0.15, 0.2) is 0 Å². The zero-order chi connectivity index (χ0) is 18.0. The zero-order valence-corrected chi connectivity index (χ0v) is 13.5. The largest absolute Gasteiger partial charge is 0.508 e. The highest BCUT2D eigenvalue weighted by Crippen LogP contribution is 2.27. The molecular formula is C13H11N7O4S. The zero-order valence-electron chi connectivity index (χ0n) is 12.7. The number of anilines is 1. The molecule has 0 saturated carbocycles. The molecule has 0 aliphatic rings. The predicted octanol–water partition coefficient (Wildman–Crippen LogP) is 1.70. The Morgan fingerprint density at radius 1 is 1.40 bits per heavy atom. The summed E-state index contributed by atoms with van der Waals surface area (Å²) in [6, 6.07) is 4.04. The van der Waals surface area contributed by atoms with Crippen molar-refractivity contribution in [2.75, 3.05) is 5.43 Å². The fraction of sp³-hybridized carbons (Fsp3) is 0.0769. The predicted molar refractivity (Wildman–Crippen MR) is 89.8 cm³/mol. The standard InChI is InChI=1S/C13H11N7O4S/c1-19-10(20(23)24)6-14-11(19)12-16-18-13(25-12)17-15-5-7-4-8(21)2-3-9(7)22/h2-6,21-22H,1H3,(H,17,18)/b15-5+. The number of nitrogens with one attached hydrogen (secondary N) is 1. The molecule has 0 unspecified atom stereocenters. The van der Waals surface area contributed by atoms with Crippen LogP contribution in [0.1, 0.15) is 5.56 Å². The van der Waals surface area contributed by atoms with Crippen molar-refractivity contribution in [3.05, 3.63) is 40.1 Å². The average Bonchev–Trinajstić information content (AvgIpc) is 3.17. The van der Waals surface area contributed by atoms with Crippen LogP contribution in [-0.2, 0) is 7.05 Å². The van der Waals surface area contributed by atoms with Gasteiger partial charge in [-0.25, -0.2) is 9.55 Å². The summed E-state index contributed by atoms with van der Waals surface area (Å²) >= 11 is 1.10. The number of imidazole rings is 1. The number of hydrogen-bond acceptors (Lipinski definition) is 10. The number of hydrazone groups is 1. The van der Waals surface area contributed by atoms with Crippen molar-refractivity contribution in [3.8, 4) is 22.3 Å². The Bertz CT molecular complexity index is 965. The fourth-order valence-corrected chi connectivity index (χ4v) is 2.66. The molecule has 0 fully saturated rings. The molecular weight excluding hydrogens is 350 g/mol. The average molecular weight is 361 g/mol. The number of phenolic OH excluding ortho intramolecular Hbond substituents is 2. The Kier molecular flexibility index (Phi) is 4.26. The Morgan fingerprint density at radius 2 is 2.20 bits per heavy atom. The molecule has 25 heavy (non-hydrogen) atoms. The SMILES string of the molecule is Cn1c([N+](=O)[O-])cnc1-c1nnc(N/N=C/c2cc(O)ccc2O)s1. The van der Waals surface area contributed by atoms with Crippen molar-refractivity contribution < 1.29 is 15.1 Å². The van der Waals surface area contributed by atoms with Gasteiger partial charge in [-0.15, -0.1) is 10.2 Å². The minimum atomic E-state index is -0.539. The monoisotopic (exact) mass is 361 g/mol. The maximum Gasteiger partial charge on any atom is 0.342 e. The molecule has 12 heteroatoms. The molecule has 2 aromatic heterocycles. The third-order valence-electron chi connectivity index (χ3n) is 3.14. The fourth-order valence-electron chi connectivity index (χ4n) is 1.93. The molecule has 0 spiro atoms. The number of rotatable bonds is 5. The second kappa shape index (κ2) is 6.52. The summed E-state index contributed by atoms with van der Waals surface area (Å²) in [5.41, 5.74) is 2.95. The normalized spacial score (nSPS) is 11.1. The first-order chi connectivity index (χ1) is 12.0. The van der Waals surface area contributed by atoms with Crippen LogP contribution in [0.3, 0.4) is 0 Å². The quantitative estimate of drug-likeness (QED) is 0.269. The van der Waals surface area contributed by atoms with E-state index in [1.165, 1.54) is 36.0 Å². The summed E-state index contributed by atoms with van der Waals surface area (Å²) in [6.45, 7) is 0. The van der Waals surface area contributed by atoms with Crippen molar-refractivity contribution in [3.63, 3.8) is 0 Å². The van der Waals surface area contributed by atoms with Crippen molar-refractivity contribution >= 4 is 28.5 Å². The van der Waals surface area contributed by atoms with Crippen LogP contribution in [0.5, 0.6) is 11.5 Å². The highest BCUT2D eigenvalue weighted by Gasteiger charge is 2.21. The molecule has 3 aromatic rings. The molecule has 0 aliphatic carbocycles. The lowest BCUT2D eigenvalue weighted by Gasteiger charge is -1.99. The molecule has 2 heterocycles. The smallest absolute Gasteiger partial charge is 0.342 e. The summed E-state index contributed by atoms with van der Waals surface area (Å²) in [7, 11) is 1.51. The number of hydrogen-bond donors (Lipinski definition) is 3. The molecule has 3 rings (SSSR count). The molecule has 11 nitrogen and oxygen atoms in total. The number of aromatic nitrogens is 4. The minimum absolute atomic E-state index is 0.00571. The van der Waals surface area contributed by atoms with Gasteiger partial charge in [-0.2, -0.15) is 5.10 Å². The van der Waals surface area contributed by atoms with Crippen molar-refractivity contribution in [2.45, 2.75) is 0 Å². The number of nitrogens with zero attached hydrogens (tertiary/aromatic N) is 6. The van der Waals surface area contributed by atoms with E-state index < -0.39 is 4.92 Å².